The number of likely N-dealkylation sites (tertiary alicyclic amines) is 1. The van der Waals surface area contributed by atoms with Gasteiger partial charge < -0.3 is 5.73 Å². The average Bonchev–Trinajstić information content (AvgIpc) is 2.59. The van der Waals surface area contributed by atoms with Gasteiger partial charge >= 0.3 is 6.18 Å². The van der Waals surface area contributed by atoms with E-state index in [4.69, 9.17) is 5.73 Å². The molecule has 0 saturated carbocycles. The lowest BCUT2D eigenvalue weighted by molar-refractivity contribution is -0.139. The van der Waals surface area contributed by atoms with Crippen molar-refractivity contribution >= 4 is 0 Å². The van der Waals surface area contributed by atoms with Gasteiger partial charge in [0.25, 0.3) is 0 Å². The smallest absolute Gasteiger partial charge is 0.326 e. The van der Waals surface area contributed by atoms with Gasteiger partial charge in [0.15, 0.2) is 0 Å². The van der Waals surface area contributed by atoms with Gasteiger partial charge in [-0.05, 0) is 44.9 Å². The van der Waals surface area contributed by atoms with E-state index < -0.39 is 11.7 Å². The maximum Gasteiger partial charge on any atom is 0.416 e. The zero-order valence-electron chi connectivity index (χ0n) is 12.5. The summed E-state index contributed by atoms with van der Waals surface area (Å²) in [6.45, 7) is 4.82. The van der Waals surface area contributed by atoms with E-state index >= 15 is 0 Å². The molecule has 0 aliphatic carbocycles. The molecule has 0 amide bonds. The third-order valence-corrected chi connectivity index (χ3v) is 4.21. The van der Waals surface area contributed by atoms with E-state index in [0.717, 1.165) is 31.9 Å². The first kappa shape index (κ1) is 16.3. The minimum atomic E-state index is -4.34. The van der Waals surface area contributed by atoms with Crippen LogP contribution in [0.4, 0.5) is 13.2 Å². The lowest BCUT2D eigenvalue weighted by atomic mass is 9.91. The van der Waals surface area contributed by atoms with Crippen LogP contribution in [0.1, 0.15) is 50.3 Å². The summed E-state index contributed by atoms with van der Waals surface area (Å²) in [5.74, 6) is 0. The second-order valence-electron chi connectivity index (χ2n) is 6.02. The minimum Gasteiger partial charge on any atom is -0.326 e. The van der Waals surface area contributed by atoms with Crippen molar-refractivity contribution in [2.75, 3.05) is 6.54 Å². The van der Waals surface area contributed by atoms with Gasteiger partial charge in [-0.3, -0.25) is 4.90 Å². The highest BCUT2D eigenvalue weighted by Crippen LogP contribution is 2.39. The van der Waals surface area contributed by atoms with E-state index in [0.29, 0.717) is 5.56 Å². The molecule has 1 aromatic carbocycles. The van der Waals surface area contributed by atoms with Gasteiger partial charge in [-0.2, -0.15) is 13.2 Å². The molecule has 1 aliphatic rings. The summed E-state index contributed by atoms with van der Waals surface area (Å²) < 4.78 is 39.9. The van der Waals surface area contributed by atoms with Gasteiger partial charge in [0.1, 0.15) is 0 Å². The van der Waals surface area contributed by atoms with Crippen LogP contribution in [-0.4, -0.2) is 23.5 Å². The van der Waals surface area contributed by atoms with Gasteiger partial charge in [-0.15, -0.1) is 0 Å². The maximum atomic E-state index is 13.3. The Hall–Kier alpha value is -1.07. The van der Waals surface area contributed by atoms with Gasteiger partial charge in [0.05, 0.1) is 11.6 Å². The molecule has 1 heterocycles. The molecule has 118 valence electrons. The third-order valence-electron chi connectivity index (χ3n) is 4.21. The van der Waals surface area contributed by atoms with Crippen LogP contribution in [0.15, 0.2) is 24.3 Å². The van der Waals surface area contributed by atoms with Gasteiger partial charge in [-0.25, -0.2) is 0 Å². The molecule has 0 aromatic heterocycles. The zero-order valence-corrected chi connectivity index (χ0v) is 12.5. The lowest BCUT2D eigenvalue weighted by Crippen LogP contribution is -2.44. The molecular weight excluding hydrogens is 277 g/mol. The molecule has 2 rings (SSSR count). The van der Waals surface area contributed by atoms with Gasteiger partial charge in [0, 0.05) is 12.1 Å². The van der Waals surface area contributed by atoms with Crippen molar-refractivity contribution in [2.45, 2.75) is 57.4 Å². The van der Waals surface area contributed by atoms with E-state index in [1.165, 1.54) is 6.07 Å². The minimum absolute atomic E-state index is 0.167. The topological polar surface area (TPSA) is 29.3 Å². The van der Waals surface area contributed by atoms with Crippen LogP contribution < -0.4 is 5.73 Å². The number of hydrogen-bond donors (Lipinski definition) is 1. The summed E-state index contributed by atoms with van der Waals surface area (Å²) >= 11 is 0. The molecule has 1 aliphatic heterocycles. The van der Waals surface area contributed by atoms with Crippen molar-refractivity contribution < 1.29 is 13.2 Å². The highest BCUT2D eigenvalue weighted by Gasteiger charge is 2.39. The molecule has 5 heteroatoms. The summed E-state index contributed by atoms with van der Waals surface area (Å²) in [4.78, 5) is 2.11. The number of hydrogen-bond acceptors (Lipinski definition) is 2. The molecule has 0 spiro atoms. The fourth-order valence-corrected chi connectivity index (χ4v) is 3.22. The third kappa shape index (κ3) is 3.58. The zero-order chi connectivity index (χ0) is 15.6. The van der Waals surface area contributed by atoms with E-state index in [9.17, 15) is 13.2 Å². The number of rotatable bonds is 2. The molecule has 2 nitrogen and oxygen atoms in total. The second kappa shape index (κ2) is 6.36. The second-order valence-corrected chi connectivity index (χ2v) is 6.02. The maximum absolute atomic E-state index is 13.3. The van der Waals surface area contributed by atoms with Crippen LogP contribution >= 0.6 is 0 Å². The van der Waals surface area contributed by atoms with Crippen molar-refractivity contribution in [1.82, 2.24) is 4.90 Å². The van der Waals surface area contributed by atoms with E-state index in [2.05, 4.69) is 4.90 Å². The van der Waals surface area contributed by atoms with Crippen molar-refractivity contribution in [3.05, 3.63) is 35.4 Å². The normalized spacial score (nSPS) is 25.1. The Morgan fingerprint density at radius 1 is 1.19 bits per heavy atom. The molecule has 2 atom stereocenters. The summed E-state index contributed by atoms with van der Waals surface area (Å²) in [6.07, 6.45) is -1.63. The van der Waals surface area contributed by atoms with Crippen molar-refractivity contribution in [3.8, 4) is 0 Å². The summed E-state index contributed by atoms with van der Waals surface area (Å²) in [7, 11) is 0. The number of nitrogens with two attached hydrogens (primary N) is 1. The summed E-state index contributed by atoms with van der Waals surface area (Å²) in [5.41, 5.74) is 6.00. The molecule has 0 radical (unpaired) electrons. The Morgan fingerprint density at radius 3 is 2.48 bits per heavy atom. The van der Waals surface area contributed by atoms with Crippen LogP contribution in [0.2, 0.25) is 0 Å². The quantitative estimate of drug-likeness (QED) is 0.895. The van der Waals surface area contributed by atoms with Crippen molar-refractivity contribution in [3.63, 3.8) is 0 Å². The molecular formula is C16H23F3N2. The van der Waals surface area contributed by atoms with Crippen molar-refractivity contribution in [2.24, 2.45) is 5.73 Å². The number of halogens is 3. The molecule has 2 N–H and O–H groups in total. The standard InChI is InChI=1S/C16H23F3N2/c1-11(2)21-10-6-5-9-14(20)15(21)12-7-3-4-8-13(12)16(17,18)19/h3-4,7-8,11,14-15H,5-6,9-10,20H2,1-2H3. The number of alkyl halides is 3. The molecule has 2 unspecified atom stereocenters. The molecule has 21 heavy (non-hydrogen) atoms. The molecule has 1 aromatic rings. The highest BCUT2D eigenvalue weighted by molar-refractivity contribution is 5.33. The SMILES string of the molecule is CC(C)N1CCCCC(N)C1c1ccccc1C(F)(F)F. The highest BCUT2D eigenvalue weighted by atomic mass is 19.4. The van der Waals surface area contributed by atoms with Crippen LogP contribution in [-0.2, 0) is 6.18 Å². The van der Waals surface area contributed by atoms with Crippen LogP contribution in [0.25, 0.3) is 0 Å². The Labute approximate surface area is 124 Å². The summed E-state index contributed by atoms with van der Waals surface area (Å²) in [5, 5.41) is 0. The average molecular weight is 300 g/mol. The first-order chi connectivity index (χ1) is 9.82. The molecule has 1 saturated heterocycles. The fraction of sp³-hybridized carbons (Fsp3) is 0.625. The van der Waals surface area contributed by atoms with E-state index in [1.807, 2.05) is 13.8 Å². The fourth-order valence-electron chi connectivity index (χ4n) is 3.22. The van der Waals surface area contributed by atoms with Crippen LogP contribution in [0.5, 0.6) is 0 Å². The van der Waals surface area contributed by atoms with Crippen molar-refractivity contribution in [1.29, 1.82) is 0 Å². The van der Waals surface area contributed by atoms with Crippen LogP contribution in [0, 0.1) is 0 Å². The first-order valence-electron chi connectivity index (χ1n) is 7.50. The predicted octanol–water partition coefficient (Wildman–Crippen LogP) is 3.97. The first-order valence-corrected chi connectivity index (χ1v) is 7.50. The van der Waals surface area contributed by atoms with E-state index in [-0.39, 0.29) is 18.1 Å². The predicted molar refractivity (Wildman–Crippen MR) is 77.9 cm³/mol. The van der Waals surface area contributed by atoms with Gasteiger partial charge in [-0.1, -0.05) is 24.6 Å². The van der Waals surface area contributed by atoms with Gasteiger partial charge in [0.2, 0.25) is 0 Å². The monoisotopic (exact) mass is 300 g/mol. The van der Waals surface area contributed by atoms with Crippen LogP contribution in [0.3, 0.4) is 0 Å². The summed E-state index contributed by atoms with van der Waals surface area (Å²) in [6, 6.07) is 5.37. The van der Waals surface area contributed by atoms with E-state index in [1.54, 1.807) is 12.1 Å². The Kier molecular flexibility index (Phi) is 4.94. The number of benzene rings is 1. The number of nitrogens with zero attached hydrogens (tertiary/aromatic N) is 1. The Balaban J connectivity index is 2.50. The Morgan fingerprint density at radius 2 is 1.86 bits per heavy atom. The lowest BCUT2D eigenvalue weighted by Gasteiger charge is -2.37. The largest absolute Gasteiger partial charge is 0.416 e. The molecule has 1 fully saturated rings. The molecule has 0 bridgehead atoms. The Bertz CT molecular complexity index is 471.